The fourth-order valence-electron chi connectivity index (χ4n) is 3.01. The highest BCUT2D eigenvalue weighted by molar-refractivity contribution is 6.33. The largest absolute Gasteiger partial charge is 0.381 e. The van der Waals surface area contributed by atoms with Crippen molar-refractivity contribution in [1.29, 1.82) is 0 Å². The topological polar surface area (TPSA) is 102 Å². The number of nitrogens with zero attached hydrogens (tertiary/aromatic N) is 3. The van der Waals surface area contributed by atoms with Crippen LogP contribution in [0.1, 0.15) is 5.56 Å². The number of nitro groups is 1. The van der Waals surface area contributed by atoms with Crippen LogP contribution >= 0.6 is 11.6 Å². The predicted octanol–water partition coefficient (Wildman–Crippen LogP) is 2.54. The summed E-state index contributed by atoms with van der Waals surface area (Å²) in [4.78, 5) is 41.9. The van der Waals surface area contributed by atoms with Crippen LogP contribution < -0.4 is 4.90 Å². The van der Waals surface area contributed by atoms with Crippen LogP contribution in [-0.4, -0.2) is 28.6 Å². The molecule has 2 atom stereocenters. The summed E-state index contributed by atoms with van der Waals surface area (Å²) in [6.07, 6.45) is -1.04. The molecule has 130 valence electrons. The van der Waals surface area contributed by atoms with Gasteiger partial charge in [-0.3, -0.25) is 19.7 Å². The molecule has 1 saturated heterocycles. The molecule has 2 aliphatic heterocycles. The first kappa shape index (κ1) is 16.2. The lowest BCUT2D eigenvalue weighted by molar-refractivity contribution is -0.384. The molecule has 8 nitrogen and oxygen atoms in total. The highest BCUT2D eigenvalue weighted by Crippen LogP contribution is 2.35. The van der Waals surface area contributed by atoms with Gasteiger partial charge in [0.1, 0.15) is 11.6 Å². The highest BCUT2D eigenvalue weighted by atomic mass is 35.5. The molecule has 2 heterocycles. The van der Waals surface area contributed by atoms with E-state index >= 15 is 0 Å². The van der Waals surface area contributed by atoms with Crippen LogP contribution in [0.15, 0.2) is 53.7 Å². The van der Waals surface area contributed by atoms with Crippen molar-refractivity contribution >= 4 is 40.5 Å². The minimum atomic E-state index is -1.04. The van der Waals surface area contributed by atoms with Gasteiger partial charge in [-0.1, -0.05) is 16.8 Å². The van der Waals surface area contributed by atoms with Gasteiger partial charge in [0.25, 0.3) is 11.6 Å². The zero-order chi connectivity index (χ0) is 18.4. The molecule has 0 unspecified atom stereocenters. The van der Waals surface area contributed by atoms with Gasteiger partial charge in [0.15, 0.2) is 0 Å². The van der Waals surface area contributed by atoms with Gasteiger partial charge in [-0.15, -0.1) is 0 Å². The Morgan fingerprint density at radius 2 is 1.69 bits per heavy atom. The quantitative estimate of drug-likeness (QED) is 0.468. The number of non-ortho nitro benzene ring substituents is 1. The van der Waals surface area contributed by atoms with Crippen molar-refractivity contribution in [3.05, 3.63) is 69.2 Å². The van der Waals surface area contributed by atoms with Gasteiger partial charge < -0.3 is 4.84 Å². The Kier molecular flexibility index (Phi) is 3.69. The monoisotopic (exact) mass is 371 g/mol. The van der Waals surface area contributed by atoms with E-state index in [0.29, 0.717) is 16.3 Å². The molecule has 0 N–H and O–H groups in total. The van der Waals surface area contributed by atoms with Crippen molar-refractivity contribution in [3.63, 3.8) is 0 Å². The van der Waals surface area contributed by atoms with Crippen molar-refractivity contribution in [2.24, 2.45) is 11.1 Å². The number of amides is 2. The maximum Gasteiger partial charge on any atom is 0.278 e. The maximum absolute atomic E-state index is 12.8. The second-order valence-corrected chi connectivity index (χ2v) is 6.21. The Balaban J connectivity index is 1.66. The molecule has 0 aromatic heterocycles. The van der Waals surface area contributed by atoms with Crippen LogP contribution in [0.4, 0.5) is 11.4 Å². The third-order valence-corrected chi connectivity index (χ3v) is 4.52. The van der Waals surface area contributed by atoms with Gasteiger partial charge in [0.05, 0.1) is 10.6 Å². The van der Waals surface area contributed by atoms with E-state index in [0.717, 1.165) is 4.90 Å². The Morgan fingerprint density at radius 1 is 1.04 bits per heavy atom. The average molecular weight is 372 g/mol. The molecule has 0 bridgehead atoms. The van der Waals surface area contributed by atoms with Crippen LogP contribution in [0.2, 0.25) is 5.02 Å². The number of anilines is 1. The van der Waals surface area contributed by atoms with Gasteiger partial charge in [-0.25, -0.2) is 4.90 Å². The molecule has 9 heteroatoms. The summed E-state index contributed by atoms with van der Waals surface area (Å²) in [5.41, 5.74) is 1.08. The number of carbonyl (C=O) groups excluding carboxylic acids is 2. The van der Waals surface area contributed by atoms with Gasteiger partial charge in [0, 0.05) is 22.7 Å². The zero-order valence-electron chi connectivity index (χ0n) is 13.0. The van der Waals surface area contributed by atoms with Gasteiger partial charge in [0.2, 0.25) is 12.0 Å². The number of carbonyl (C=O) groups is 2. The molecule has 2 aliphatic rings. The minimum Gasteiger partial charge on any atom is -0.381 e. The number of rotatable bonds is 3. The molecule has 2 amide bonds. The number of hydrogen-bond acceptors (Lipinski definition) is 6. The van der Waals surface area contributed by atoms with E-state index in [-0.39, 0.29) is 11.4 Å². The summed E-state index contributed by atoms with van der Waals surface area (Å²) >= 11 is 5.85. The van der Waals surface area contributed by atoms with Crippen molar-refractivity contribution in [3.8, 4) is 0 Å². The highest BCUT2D eigenvalue weighted by Gasteiger charge is 2.56. The molecule has 0 radical (unpaired) electrons. The molecule has 0 aliphatic carbocycles. The van der Waals surface area contributed by atoms with E-state index < -0.39 is 28.8 Å². The second-order valence-electron chi connectivity index (χ2n) is 5.77. The summed E-state index contributed by atoms with van der Waals surface area (Å²) in [5, 5.41) is 15.1. The molecule has 2 aromatic carbocycles. The number of oxime groups is 1. The fourth-order valence-corrected chi connectivity index (χ4v) is 3.14. The van der Waals surface area contributed by atoms with E-state index in [4.69, 9.17) is 16.4 Å². The first-order valence-electron chi connectivity index (χ1n) is 7.59. The average Bonchev–Trinajstić information content (AvgIpc) is 3.17. The summed E-state index contributed by atoms with van der Waals surface area (Å²) in [6.45, 7) is 0. The number of imide groups is 1. The Bertz CT molecular complexity index is 955. The number of halogens is 1. The summed E-state index contributed by atoms with van der Waals surface area (Å²) in [5.74, 6) is -1.86. The molecule has 0 saturated carbocycles. The third kappa shape index (κ3) is 2.42. The van der Waals surface area contributed by atoms with Gasteiger partial charge in [-0.2, -0.15) is 0 Å². The van der Waals surface area contributed by atoms with Crippen LogP contribution in [0.25, 0.3) is 0 Å². The lowest BCUT2D eigenvalue weighted by atomic mass is 9.94. The molecule has 1 fully saturated rings. The fraction of sp³-hybridized carbons (Fsp3) is 0.118. The first-order valence-corrected chi connectivity index (χ1v) is 7.97. The van der Waals surface area contributed by atoms with Crippen molar-refractivity contribution in [2.45, 2.75) is 6.10 Å². The normalized spacial score (nSPS) is 21.4. The van der Waals surface area contributed by atoms with Crippen LogP contribution in [0.5, 0.6) is 0 Å². The van der Waals surface area contributed by atoms with E-state index in [1.807, 2.05) is 0 Å². The molecular weight excluding hydrogens is 362 g/mol. The Hall–Kier alpha value is -3.26. The Labute approximate surface area is 151 Å². The first-order chi connectivity index (χ1) is 12.5. The number of hydrogen-bond donors (Lipinski definition) is 0. The lowest BCUT2D eigenvalue weighted by Crippen LogP contribution is -2.33. The van der Waals surface area contributed by atoms with E-state index in [1.54, 1.807) is 24.3 Å². The summed E-state index contributed by atoms with van der Waals surface area (Å²) in [6, 6.07) is 11.9. The third-order valence-electron chi connectivity index (χ3n) is 4.27. The van der Waals surface area contributed by atoms with Crippen molar-refractivity contribution in [1.82, 2.24) is 0 Å². The molecule has 2 aromatic rings. The second kappa shape index (κ2) is 5.92. The number of fused-ring (bicyclic) bond motifs is 1. The Morgan fingerprint density at radius 3 is 2.31 bits per heavy atom. The maximum atomic E-state index is 12.8. The number of nitro benzene ring substituents is 1. The minimum absolute atomic E-state index is 0.0820. The van der Waals surface area contributed by atoms with Crippen LogP contribution in [-0.2, 0) is 14.4 Å². The van der Waals surface area contributed by atoms with E-state index in [1.165, 1.54) is 24.3 Å². The van der Waals surface area contributed by atoms with Crippen LogP contribution in [0, 0.1) is 16.0 Å². The van der Waals surface area contributed by atoms with Crippen LogP contribution in [0.3, 0.4) is 0 Å². The zero-order valence-corrected chi connectivity index (χ0v) is 13.8. The van der Waals surface area contributed by atoms with Gasteiger partial charge in [-0.05, 0) is 36.4 Å². The van der Waals surface area contributed by atoms with Crippen molar-refractivity contribution < 1.29 is 19.3 Å². The summed E-state index contributed by atoms with van der Waals surface area (Å²) in [7, 11) is 0. The van der Waals surface area contributed by atoms with Crippen molar-refractivity contribution in [2.75, 3.05) is 4.90 Å². The standard InChI is InChI=1S/C17H10ClN3O5/c18-10-3-7-11(8-4-10)20-16(22)13-14(19-26-15(13)17(20)23)9-1-5-12(6-2-9)21(24)25/h1-8,13,15H/t13-,15-/m1/s1. The number of benzene rings is 2. The predicted molar refractivity (Wildman–Crippen MR) is 91.9 cm³/mol. The smallest absolute Gasteiger partial charge is 0.278 e. The SMILES string of the molecule is O=C1[C@@H]2C(c3ccc([N+](=O)[O-])cc3)=NO[C@H]2C(=O)N1c1ccc(Cl)cc1. The summed E-state index contributed by atoms with van der Waals surface area (Å²) < 4.78 is 0. The lowest BCUT2D eigenvalue weighted by Gasteiger charge is -2.15. The van der Waals surface area contributed by atoms with E-state index in [2.05, 4.69) is 5.16 Å². The van der Waals surface area contributed by atoms with Gasteiger partial charge >= 0.3 is 0 Å². The molecule has 26 heavy (non-hydrogen) atoms. The molecule has 4 rings (SSSR count). The van der Waals surface area contributed by atoms with E-state index in [9.17, 15) is 19.7 Å². The molecular formula is C17H10ClN3O5. The molecule has 0 spiro atoms.